The molecule has 0 radical (unpaired) electrons. The van der Waals surface area contributed by atoms with E-state index in [9.17, 15) is 4.79 Å². The molecule has 2 aromatic rings. The summed E-state index contributed by atoms with van der Waals surface area (Å²) in [6.45, 7) is 3.89. The molecule has 0 atom stereocenters. The Morgan fingerprint density at radius 3 is 2.78 bits per heavy atom. The fourth-order valence-electron chi connectivity index (χ4n) is 3.41. The number of ether oxygens (including phenoxy) is 1. The maximum atomic E-state index is 12.1. The van der Waals surface area contributed by atoms with Crippen LogP contribution in [0.15, 0.2) is 24.3 Å². The second-order valence-electron chi connectivity index (χ2n) is 6.44. The third-order valence-corrected chi connectivity index (χ3v) is 4.88. The van der Waals surface area contributed by atoms with Crippen LogP contribution in [0, 0.1) is 0 Å². The Bertz CT molecular complexity index is 669. The number of unbranched alkanes of at least 4 members (excludes halogenated alkanes) is 1. The Morgan fingerprint density at radius 2 is 2.09 bits per heavy atom. The van der Waals surface area contributed by atoms with E-state index in [1.807, 2.05) is 11.0 Å². The van der Waals surface area contributed by atoms with Gasteiger partial charge in [0.2, 0.25) is 5.91 Å². The number of fused-ring (bicyclic) bond motifs is 1. The first kappa shape index (κ1) is 15.9. The van der Waals surface area contributed by atoms with Crippen molar-refractivity contribution < 1.29 is 9.53 Å². The van der Waals surface area contributed by atoms with Crippen molar-refractivity contribution in [2.45, 2.75) is 44.9 Å². The fraction of sp³-hybridized carbons (Fsp3) is 0.526. The SMILES string of the molecule is CCCCC(=O)N1CCC(c2cc3cc(OC)ccc3[nH]2)CC1. The highest BCUT2D eigenvalue weighted by atomic mass is 16.5. The van der Waals surface area contributed by atoms with Crippen LogP contribution < -0.4 is 4.74 Å². The van der Waals surface area contributed by atoms with E-state index in [0.717, 1.165) is 50.0 Å². The molecule has 0 bridgehead atoms. The number of aromatic amines is 1. The van der Waals surface area contributed by atoms with Crippen molar-refractivity contribution in [1.82, 2.24) is 9.88 Å². The quantitative estimate of drug-likeness (QED) is 0.904. The van der Waals surface area contributed by atoms with Gasteiger partial charge >= 0.3 is 0 Å². The second kappa shape index (κ2) is 7.07. The first-order valence-corrected chi connectivity index (χ1v) is 8.65. The van der Waals surface area contributed by atoms with E-state index in [1.54, 1.807) is 7.11 Å². The molecule has 23 heavy (non-hydrogen) atoms. The summed E-state index contributed by atoms with van der Waals surface area (Å²) < 4.78 is 5.29. The van der Waals surface area contributed by atoms with Crippen LogP contribution in [0.2, 0.25) is 0 Å². The maximum absolute atomic E-state index is 12.1. The van der Waals surface area contributed by atoms with Gasteiger partial charge in [-0.15, -0.1) is 0 Å². The predicted molar refractivity (Wildman–Crippen MR) is 92.9 cm³/mol. The van der Waals surface area contributed by atoms with Crippen LogP contribution in [0.4, 0.5) is 0 Å². The molecule has 1 aromatic carbocycles. The summed E-state index contributed by atoms with van der Waals surface area (Å²) in [5.41, 5.74) is 2.44. The van der Waals surface area contributed by atoms with Crippen molar-refractivity contribution >= 4 is 16.8 Å². The lowest BCUT2D eigenvalue weighted by molar-refractivity contribution is -0.132. The normalized spacial score (nSPS) is 16.0. The molecule has 1 saturated heterocycles. The summed E-state index contributed by atoms with van der Waals surface area (Å²) in [6.07, 6.45) is 4.88. The fourth-order valence-corrected chi connectivity index (χ4v) is 3.41. The molecular weight excluding hydrogens is 288 g/mol. The highest BCUT2D eigenvalue weighted by Crippen LogP contribution is 2.31. The minimum atomic E-state index is 0.326. The van der Waals surface area contributed by atoms with E-state index >= 15 is 0 Å². The van der Waals surface area contributed by atoms with E-state index in [0.29, 0.717) is 18.2 Å². The van der Waals surface area contributed by atoms with E-state index in [1.165, 1.54) is 11.1 Å². The molecule has 1 amide bonds. The van der Waals surface area contributed by atoms with Gasteiger partial charge in [0.05, 0.1) is 7.11 Å². The van der Waals surface area contributed by atoms with E-state index in [2.05, 4.69) is 30.1 Å². The van der Waals surface area contributed by atoms with Crippen LogP contribution in [0.5, 0.6) is 5.75 Å². The van der Waals surface area contributed by atoms with Gasteiger partial charge in [-0.05, 0) is 43.5 Å². The number of piperidine rings is 1. The van der Waals surface area contributed by atoms with Crippen LogP contribution in [0.25, 0.3) is 10.9 Å². The number of amides is 1. The summed E-state index contributed by atoms with van der Waals surface area (Å²) in [4.78, 5) is 17.7. The third-order valence-electron chi connectivity index (χ3n) is 4.88. The van der Waals surface area contributed by atoms with Gasteiger partial charge in [-0.3, -0.25) is 4.79 Å². The van der Waals surface area contributed by atoms with Gasteiger partial charge in [0.25, 0.3) is 0 Å². The summed E-state index contributed by atoms with van der Waals surface area (Å²) in [5, 5.41) is 1.20. The smallest absolute Gasteiger partial charge is 0.222 e. The van der Waals surface area contributed by atoms with Crippen molar-refractivity contribution in [2.24, 2.45) is 0 Å². The molecule has 124 valence electrons. The van der Waals surface area contributed by atoms with Gasteiger partial charge in [0.1, 0.15) is 5.75 Å². The largest absolute Gasteiger partial charge is 0.497 e. The Balaban J connectivity index is 1.64. The van der Waals surface area contributed by atoms with Crippen molar-refractivity contribution in [3.05, 3.63) is 30.0 Å². The highest BCUT2D eigenvalue weighted by Gasteiger charge is 2.24. The van der Waals surface area contributed by atoms with Gasteiger partial charge in [0, 0.05) is 42.0 Å². The first-order chi connectivity index (χ1) is 11.2. The lowest BCUT2D eigenvalue weighted by Crippen LogP contribution is -2.37. The number of methoxy groups -OCH3 is 1. The molecule has 2 heterocycles. The molecule has 0 spiro atoms. The number of nitrogens with one attached hydrogen (secondary N) is 1. The molecule has 0 unspecified atom stereocenters. The number of carbonyl (C=O) groups excluding carboxylic acids is 1. The first-order valence-electron chi connectivity index (χ1n) is 8.65. The lowest BCUT2D eigenvalue weighted by atomic mass is 9.93. The van der Waals surface area contributed by atoms with Crippen LogP contribution in [-0.2, 0) is 4.79 Å². The molecule has 1 fully saturated rings. The summed E-state index contributed by atoms with van der Waals surface area (Å²) >= 11 is 0. The lowest BCUT2D eigenvalue weighted by Gasteiger charge is -2.31. The Hall–Kier alpha value is -1.97. The molecule has 4 heteroatoms. The van der Waals surface area contributed by atoms with Gasteiger partial charge in [0.15, 0.2) is 0 Å². The number of nitrogens with zero attached hydrogens (tertiary/aromatic N) is 1. The molecule has 3 rings (SSSR count). The molecule has 1 N–H and O–H groups in total. The van der Waals surface area contributed by atoms with Gasteiger partial charge in [-0.2, -0.15) is 0 Å². The summed E-state index contributed by atoms with van der Waals surface area (Å²) in [7, 11) is 1.69. The number of carbonyl (C=O) groups is 1. The van der Waals surface area contributed by atoms with Crippen LogP contribution in [0.3, 0.4) is 0 Å². The third kappa shape index (κ3) is 3.52. The van der Waals surface area contributed by atoms with Gasteiger partial charge < -0.3 is 14.6 Å². The molecule has 1 aliphatic heterocycles. The molecule has 0 saturated carbocycles. The monoisotopic (exact) mass is 314 g/mol. The number of rotatable bonds is 5. The standard InChI is InChI=1S/C19H26N2O2/c1-3-4-5-19(22)21-10-8-14(9-11-21)18-13-15-12-16(23-2)6-7-17(15)20-18/h6-7,12-14,20H,3-5,8-11H2,1-2H3. The predicted octanol–water partition coefficient (Wildman–Crippen LogP) is 4.07. The average molecular weight is 314 g/mol. The van der Waals surface area contributed by atoms with Gasteiger partial charge in [-0.1, -0.05) is 13.3 Å². The maximum Gasteiger partial charge on any atom is 0.222 e. The average Bonchev–Trinajstić information content (AvgIpc) is 3.02. The Morgan fingerprint density at radius 1 is 1.30 bits per heavy atom. The number of benzene rings is 1. The Kier molecular flexibility index (Phi) is 4.89. The summed E-state index contributed by atoms with van der Waals surface area (Å²) in [6, 6.07) is 8.36. The molecule has 1 aliphatic rings. The zero-order valence-corrected chi connectivity index (χ0v) is 14.1. The van der Waals surface area contributed by atoms with Crippen LogP contribution >= 0.6 is 0 Å². The topological polar surface area (TPSA) is 45.3 Å². The van der Waals surface area contributed by atoms with Gasteiger partial charge in [-0.25, -0.2) is 0 Å². The van der Waals surface area contributed by atoms with Crippen LogP contribution in [-0.4, -0.2) is 36.0 Å². The number of likely N-dealkylation sites (tertiary alicyclic amines) is 1. The number of hydrogen-bond acceptors (Lipinski definition) is 2. The molecule has 1 aromatic heterocycles. The van der Waals surface area contributed by atoms with E-state index in [4.69, 9.17) is 4.74 Å². The molecular formula is C19H26N2O2. The summed E-state index contributed by atoms with van der Waals surface area (Å²) in [5.74, 6) is 1.73. The second-order valence-corrected chi connectivity index (χ2v) is 6.44. The zero-order valence-electron chi connectivity index (χ0n) is 14.1. The minimum Gasteiger partial charge on any atom is -0.497 e. The van der Waals surface area contributed by atoms with E-state index in [-0.39, 0.29) is 0 Å². The van der Waals surface area contributed by atoms with Crippen molar-refractivity contribution in [1.29, 1.82) is 0 Å². The highest BCUT2D eigenvalue weighted by molar-refractivity contribution is 5.82. The van der Waals surface area contributed by atoms with E-state index < -0.39 is 0 Å². The number of aromatic nitrogens is 1. The van der Waals surface area contributed by atoms with Crippen molar-refractivity contribution in [3.8, 4) is 5.75 Å². The number of H-pyrrole nitrogens is 1. The number of hydrogen-bond donors (Lipinski definition) is 1. The van der Waals surface area contributed by atoms with Crippen molar-refractivity contribution in [2.75, 3.05) is 20.2 Å². The molecule has 4 nitrogen and oxygen atoms in total. The zero-order chi connectivity index (χ0) is 16.2. The van der Waals surface area contributed by atoms with Crippen molar-refractivity contribution in [3.63, 3.8) is 0 Å². The minimum absolute atomic E-state index is 0.326. The van der Waals surface area contributed by atoms with Crippen LogP contribution in [0.1, 0.15) is 50.6 Å². The Labute approximate surface area is 137 Å². The molecule has 0 aliphatic carbocycles.